The van der Waals surface area contributed by atoms with Crippen LogP contribution < -0.4 is 16.4 Å². The molecule has 114 valence electrons. The van der Waals surface area contributed by atoms with Crippen molar-refractivity contribution < 1.29 is 9.53 Å². The monoisotopic (exact) mass is 390 g/mol. The minimum absolute atomic E-state index is 0.218. The van der Waals surface area contributed by atoms with Crippen molar-refractivity contribution in [3.8, 4) is 0 Å². The molecule has 4 N–H and O–H groups in total. The van der Waals surface area contributed by atoms with Gasteiger partial charge in [-0.2, -0.15) is 0 Å². The molecule has 6 nitrogen and oxygen atoms in total. The molecule has 0 saturated carbocycles. The van der Waals surface area contributed by atoms with E-state index in [4.69, 9.17) is 10.5 Å². The van der Waals surface area contributed by atoms with Gasteiger partial charge in [0.15, 0.2) is 5.13 Å². The SMILES string of the molecule is COCCNc1nc(N)c(C(=O)NCc2sccc2Br)s1. The highest BCUT2D eigenvalue weighted by atomic mass is 79.9. The zero-order valence-electron chi connectivity index (χ0n) is 11.3. The number of hydrogen-bond acceptors (Lipinski definition) is 7. The fraction of sp³-hybridized carbons (Fsp3) is 0.333. The number of nitrogens with zero attached hydrogens (tertiary/aromatic N) is 1. The number of hydrogen-bond donors (Lipinski definition) is 3. The Hall–Kier alpha value is -1.16. The van der Waals surface area contributed by atoms with E-state index in [0.29, 0.717) is 29.7 Å². The number of amides is 1. The summed E-state index contributed by atoms with van der Waals surface area (Å²) in [6, 6.07) is 1.95. The Kier molecular flexibility index (Phi) is 5.97. The van der Waals surface area contributed by atoms with E-state index in [2.05, 4.69) is 31.5 Å². The van der Waals surface area contributed by atoms with Gasteiger partial charge in [0.05, 0.1) is 13.2 Å². The molecule has 21 heavy (non-hydrogen) atoms. The van der Waals surface area contributed by atoms with Crippen LogP contribution >= 0.6 is 38.6 Å². The van der Waals surface area contributed by atoms with Crippen molar-refractivity contribution in [2.75, 3.05) is 31.3 Å². The number of halogens is 1. The maximum Gasteiger partial charge on any atom is 0.265 e. The first-order valence-corrected chi connectivity index (χ1v) is 8.60. The van der Waals surface area contributed by atoms with E-state index in [1.165, 1.54) is 11.3 Å². The van der Waals surface area contributed by atoms with E-state index in [0.717, 1.165) is 9.35 Å². The molecule has 0 aromatic carbocycles. The van der Waals surface area contributed by atoms with Crippen LogP contribution in [0.4, 0.5) is 10.9 Å². The number of anilines is 2. The van der Waals surface area contributed by atoms with Crippen LogP contribution in [-0.4, -0.2) is 31.2 Å². The molecule has 0 radical (unpaired) electrons. The average Bonchev–Trinajstić information content (AvgIpc) is 3.03. The third kappa shape index (κ3) is 4.40. The molecule has 2 aromatic rings. The Morgan fingerprint density at radius 3 is 3.05 bits per heavy atom. The molecule has 0 aliphatic carbocycles. The lowest BCUT2D eigenvalue weighted by Gasteiger charge is -2.02. The Labute approximate surface area is 138 Å². The number of nitrogen functional groups attached to an aromatic ring is 1. The van der Waals surface area contributed by atoms with Crippen molar-refractivity contribution in [1.82, 2.24) is 10.3 Å². The number of thiophene rings is 1. The van der Waals surface area contributed by atoms with Gasteiger partial charge in [0.25, 0.3) is 5.91 Å². The molecule has 0 aliphatic rings. The molecule has 0 spiro atoms. The largest absolute Gasteiger partial charge is 0.383 e. The second kappa shape index (κ2) is 7.74. The molecule has 0 saturated heterocycles. The topological polar surface area (TPSA) is 89.3 Å². The summed E-state index contributed by atoms with van der Waals surface area (Å²) in [6.07, 6.45) is 0. The van der Waals surface area contributed by atoms with Crippen molar-refractivity contribution in [1.29, 1.82) is 0 Å². The zero-order chi connectivity index (χ0) is 15.2. The molecule has 9 heteroatoms. The fourth-order valence-corrected chi connectivity index (χ4v) is 3.78. The first kappa shape index (κ1) is 16.2. The van der Waals surface area contributed by atoms with Crippen molar-refractivity contribution in [3.63, 3.8) is 0 Å². The average molecular weight is 391 g/mol. The molecule has 2 rings (SSSR count). The van der Waals surface area contributed by atoms with E-state index in [1.807, 2.05) is 11.4 Å². The lowest BCUT2D eigenvalue weighted by atomic mass is 10.4. The number of carbonyl (C=O) groups excluding carboxylic acids is 1. The fourth-order valence-electron chi connectivity index (χ4n) is 1.52. The maximum atomic E-state index is 12.1. The van der Waals surface area contributed by atoms with Crippen molar-refractivity contribution in [2.24, 2.45) is 0 Å². The van der Waals surface area contributed by atoms with Gasteiger partial charge in [-0.1, -0.05) is 11.3 Å². The Bertz CT molecular complexity index is 614. The van der Waals surface area contributed by atoms with Gasteiger partial charge >= 0.3 is 0 Å². The Balaban J connectivity index is 1.94. The molecule has 2 aromatic heterocycles. The second-order valence-corrected chi connectivity index (χ2v) is 6.88. The van der Waals surface area contributed by atoms with E-state index >= 15 is 0 Å². The van der Waals surface area contributed by atoms with E-state index < -0.39 is 0 Å². The second-order valence-electron chi connectivity index (χ2n) is 4.03. The van der Waals surface area contributed by atoms with Crippen molar-refractivity contribution in [2.45, 2.75) is 6.54 Å². The molecular weight excluding hydrogens is 376 g/mol. The first-order chi connectivity index (χ1) is 10.1. The number of nitrogens with two attached hydrogens (primary N) is 1. The van der Waals surface area contributed by atoms with Crippen LogP contribution in [0.5, 0.6) is 0 Å². The normalized spacial score (nSPS) is 10.6. The Morgan fingerprint density at radius 1 is 1.57 bits per heavy atom. The summed E-state index contributed by atoms with van der Waals surface area (Å²) in [5, 5.41) is 8.48. The summed E-state index contributed by atoms with van der Waals surface area (Å²) in [6.45, 7) is 1.64. The quantitative estimate of drug-likeness (QED) is 0.632. The van der Waals surface area contributed by atoms with Gasteiger partial charge in [0.2, 0.25) is 0 Å². The predicted octanol–water partition coefficient (Wildman–Crippen LogP) is 2.54. The van der Waals surface area contributed by atoms with Gasteiger partial charge in [-0.3, -0.25) is 4.79 Å². The van der Waals surface area contributed by atoms with Crippen molar-refractivity contribution >= 4 is 55.5 Å². The van der Waals surface area contributed by atoms with E-state index in [1.54, 1.807) is 18.4 Å². The van der Waals surface area contributed by atoms with Crippen LogP contribution in [0.15, 0.2) is 15.9 Å². The predicted molar refractivity (Wildman–Crippen MR) is 90.1 cm³/mol. The van der Waals surface area contributed by atoms with Crippen LogP contribution in [-0.2, 0) is 11.3 Å². The summed E-state index contributed by atoms with van der Waals surface area (Å²) < 4.78 is 5.93. The third-order valence-corrected chi connectivity index (χ3v) is 5.50. The number of rotatable bonds is 7. The third-order valence-electron chi connectivity index (χ3n) is 2.54. The smallest absolute Gasteiger partial charge is 0.265 e. The highest BCUT2D eigenvalue weighted by molar-refractivity contribution is 9.10. The van der Waals surface area contributed by atoms with Gasteiger partial charge < -0.3 is 21.1 Å². The standard InChI is InChI=1S/C12H15BrN4O2S2/c1-19-4-3-15-12-17-10(14)9(21-12)11(18)16-6-8-7(13)2-5-20-8/h2,5H,3-4,6,14H2,1H3,(H,15,17)(H,16,18). The van der Waals surface area contributed by atoms with Crippen molar-refractivity contribution in [3.05, 3.63) is 25.7 Å². The molecular formula is C12H15BrN4O2S2. The van der Waals surface area contributed by atoms with E-state index in [9.17, 15) is 4.79 Å². The molecule has 0 atom stereocenters. The molecule has 0 fully saturated rings. The van der Waals surface area contributed by atoms with Gasteiger partial charge in [-0.15, -0.1) is 11.3 Å². The van der Waals surface area contributed by atoms with Gasteiger partial charge in [0, 0.05) is 23.0 Å². The van der Waals surface area contributed by atoms with Crippen LogP contribution in [0.25, 0.3) is 0 Å². The molecule has 2 heterocycles. The molecule has 0 bridgehead atoms. The molecule has 0 aliphatic heterocycles. The molecule has 1 amide bonds. The lowest BCUT2D eigenvalue weighted by molar-refractivity contribution is 0.0956. The number of carbonyl (C=O) groups is 1. The summed E-state index contributed by atoms with van der Waals surface area (Å²) in [7, 11) is 1.62. The van der Waals surface area contributed by atoms with Gasteiger partial charge in [-0.25, -0.2) is 4.98 Å². The van der Waals surface area contributed by atoms with E-state index in [-0.39, 0.29) is 11.7 Å². The highest BCUT2D eigenvalue weighted by Gasteiger charge is 2.16. The first-order valence-electron chi connectivity index (χ1n) is 6.11. The van der Waals surface area contributed by atoms with Gasteiger partial charge in [0.1, 0.15) is 10.7 Å². The highest BCUT2D eigenvalue weighted by Crippen LogP contribution is 2.26. The zero-order valence-corrected chi connectivity index (χ0v) is 14.5. The minimum atomic E-state index is -0.218. The number of methoxy groups -OCH3 is 1. The van der Waals surface area contributed by atoms with Crippen LogP contribution in [0, 0.1) is 0 Å². The number of thiazole rings is 1. The summed E-state index contributed by atoms with van der Waals surface area (Å²) >= 11 is 6.24. The Morgan fingerprint density at radius 2 is 2.38 bits per heavy atom. The minimum Gasteiger partial charge on any atom is -0.383 e. The number of aromatic nitrogens is 1. The number of ether oxygens (including phenoxy) is 1. The summed E-state index contributed by atoms with van der Waals surface area (Å²) in [4.78, 5) is 17.7. The number of nitrogens with one attached hydrogen (secondary N) is 2. The molecule has 0 unspecified atom stereocenters. The lowest BCUT2D eigenvalue weighted by Crippen LogP contribution is -2.22. The van der Waals surface area contributed by atoms with Gasteiger partial charge in [-0.05, 0) is 27.4 Å². The summed E-state index contributed by atoms with van der Waals surface area (Å²) in [5.74, 6) is 0.0211. The van der Waals surface area contributed by atoms with Crippen LogP contribution in [0.3, 0.4) is 0 Å². The summed E-state index contributed by atoms with van der Waals surface area (Å²) in [5.41, 5.74) is 5.79. The van der Waals surface area contributed by atoms with Crippen LogP contribution in [0.2, 0.25) is 0 Å². The maximum absolute atomic E-state index is 12.1. The van der Waals surface area contributed by atoms with Crippen LogP contribution in [0.1, 0.15) is 14.5 Å².